The SMILES string of the molecule is C=CCO[C@H]1C[C@@](CC/C=C(\C)CCC=C(C)C)(CCO[Si](C)(C)C(C)(C)C)Oc2cc(C)cc(OC)c21. The van der Waals surface area contributed by atoms with E-state index in [0.717, 1.165) is 61.2 Å². The van der Waals surface area contributed by atoms with E-state index in [0.29, 0.717) is 13.2 Å². The number of ether oxygens (including phenoxy) is 3. The largest absolute Gasteiger partial charge is 0.496 e. The fourth-order valence-corrected chi connectivity index (χ4v) is 5.80. The summed E-state index contributed by atoms with van der Waals surface area (Å²) in [5, 5.41) is 0.172. The van der Waals surface area contributed by atoms with Crippen molar-refractivity contribution in [1.82, 2.24) is 0 Å². The van der Waals surface area contributed by atoms with Gasteiger partial charge < -0.3 is 18.6 Å². The number of allylic oxidation sites excluding steroid dienone is 4. The number of benzene rings is 1. The molecular weight excluding hydrogens is 488 g/mol. The lowest BCUT2D eigenvalue weighted by Gasteiger charge is -2.44. The monoisotopic (exact) mass is 542 g/mol. The Morgan fingerprint density at radius 2 is 1.84 bits per heavy atom. The van der Waals surface area contributed by atoms with Gasteiger partial charge in [0.05, 0.1) is 25.4 Å². The lowest BCUT2D eigenvalue weighted by atomic mass is 9.82. The van der Waals surface area contributed by atoms with Crippen molar-refractivity contribution in [1.29, 1.82) is 0 Å². The molecule has 1 aliphatic rings. The Labute approximate surface area is 234 Å². The van der Waals surface area contributed by atoms with E-state index in [-0.39, 0.29) is 16.7 Å². The van der Waals surface area contributed by atoms with Crippen molar-refractivity contribution in [2.45, 2.75) is 117 Å². The minimum absolute atomic E-state index is 0.122. The molecule has 1 heterocycles. The van der Waals surface area contributed by atoms with Gasteiger partial charge in [0.25, 0.3) is 0 Å². The number of rotatable bonds is 14. The van der Waals surface area contributed by atoms with Gasteiger partial charge in [-0.2, -0.15) is 0 Å². The molecule has 4 nitrogen and oxygen atoms in total. The van der Waals surface area contributed by atoms with Gasteiger partial charge in [-0.3, -0.25) is 0 Å². The zero-order valence-corrected chi connectivity index (χ0v) is 27.0. The highest BCUT2D eigenvalue weighted by atomic mass is 28.4. The van der Waals surface area contributed by atoms with E-state index in [1.54, 1.807) is 7.11 Å². The molecule has 0 unspecified atom stereocenters. The molecule has 0 spiro atoms. The van der Waals surface area contributed by atoms with Gasteiger partial charge in [-0.15, -0.1) is 6.58 Å². The van der Waals surface area contributed by atoms with Crippen molar-refractivity contribution in [3.05, 3.63) is 59.2 Å². The zero-order chi connectivity index (χ0) is 28.6. The van der Waals surface area contributed by atoms with Gasteiger partial charge in [-0.1, -0.05) is 50.1 Å². The molecule has 0 bridgehead atoms. The first-order valence-corrected chi connectivity index (χ1v) is 17.2. The van der Waals surface area contributed by atoms with Gasteiger partial charge in [-0.25, -0.2) is 0 Å². The van der Waals surface area contributed by atoms with Crippen LogP contribution in [0.4, 0.5) is 0 Å². The fraction of sp³-hybridized carbons (Fsp3) is 0.636. The molecule has 0 aliphatic carbocycles. The second-order valence-corrected chi connectivity index (χ2v) is 17.6. The molecule has 0 radical (unpaired) electrons. The molecule has 1 aliphatic heterocycles. The smallest absolute Gasteiger partial charge is 0.191 e. The lowest BCUT2D eigenvalue weighted by molar-refractivity contribution is -0.0558. The number of aryl methyl sites for hydroxylation is 1. The lowest BCUT2D eigenvalue weighted by Crippen LogP contribution is -2.46. The maximum Gasteiger partial charge on any atom is 0.191 e. The van der Waals surface area contributed by atoms with Crippen LogP contribution in [0.2, 0.25) is 18.1 Å². The normalized spacial score (nSPS) is 19.9. The quantitative estimate of drug-likeness (QED) is 0.173. The van der Waals surface area contributed by atoms with Crippen LogP contribution in [0.3, 0.4) is 0 Å². The molecule has 38 heavy (non-hydrogen) atoms. The highest BCUT2D eigenvalue weighted by Crippen LogP contribution is 2.49. The standard InChI is InChI=1S/C33H54O4Si/c1-12-20-35-30-24-33(19-21-36-38(10,11)32(6,7)8,18-14-17-26(4)16-13-15-25(2)3)37-29-23-27(5)22-28(34-9)31(29)30/h12,15,17,22-23,30H,1,13-14,16,18-21,24H2,2-11H3/b26-17+/t30-,33+/m0/s1. The summed E-state index contributed by atoms with van der Waals surface area (Å²) in [7, 11) is -0.147. The number of fused-ring (bicyclic) bond motifs is 1. The molecule has 0 fully saturated rings. The highest BCUT2D eigenvalue weighted by Gasteiger charge is 2.44. The van der Waals surface area contributed by atoms with Crippen LogP contribution in [-0.2, 0) is 9.16 Å². The molecule has 0 N–H and O–H groups in total. The van der Waals surface area contributed by atoms with Crippen LogP contribution < -0.4 is 9.47 Å². The Morgan fingerprint density at radius 3 is 2.45 bits per heavy atom. The summed E-state index contributed by atoms with van der Waals surface area (Å²) in [6.45, 7) is 25.2. The fourth-order valence-electron chi connectivity index (χ4n) is 4.76. The van der Waals surface area contributed by atoms with Gasteiger partial charge in [0.1, 0.15) is 17.1 Å². The van der Waals surface area contributed by atoms with E-state index >= 15 is 0 Å². The molecule has 1 aromatic carbocycles. The Balaban J connectivity index is 2.36. The van der Waals surface area contributed by atoms with Crippen LogP contribution in [0.15, 0.2) is 48.1 Å². The summed E-state index contributed by atoms with van der Waals surface area (Å²) in [5.74, 6) is 1.70. The van der Waals surface area contributed by atoms with E-state index in [1.807, 2.05) is 6.08 Å². The molecular formula is C33H54O4Si. The van der Waals surface area contributed by atoms with Gasteiger partial charge in [0.2, 0.25) is 0 Å². The third-order valence-corrected chi connectivity index (χ3v) is 12.6. The number of hydrogen-bond donors (Lipinski definition) is 0. The maximum atomic E-state index is 6.96. The van der Waals surface area contributed by atoms with E-state index in [9.17, 15) is 0 Å². The van der Waals surface area contributed by atoms with Crippen LogP contribution in [0.25, 0.3) is 0 Å². The molecule has 0 aromatic heterocycles. The summed E-state index contributed by atoms with van der Waals surface area (Å²) in [6, 6.07) is 4.20. The molecule has 0 saturated heterocycles. The maximum absolute atomic E-state index is 6.96. The van der Waals surface area contributed by atoms with Crippen molar-refractivity contribution < 1.29 is 18.6 Å². The van der Waals surface area contributed by atoms with Crippen LogP contribution in [0.5, 0.6) is 11.5 Å². The predicted octanol–water partition coefficient (Wildman–Crippen LogP) is 9.65. The van der Waals surface area contributed by atoms with Gasteiger partial charge in [0, 0.05) is 19.4 Å². The first-order chi connectivity index (χ1) is 17.7. The third-order valence-electron chi connectivity index (χ3n) is 8.10. The van der Waals surface area contributed by atoms with Crippen molar-refractivity contribution >= 4 is 8.32 Å². The second-order valence-electron chi connectivity index (χ2n) is 12.7. The minimum atomic E-state index is -1.87. The molecule has 1 aromatic rings. The van der Waals surface area contributed by atoms with E-state index in [4.69, 9.17) is 18.6 Å². The van der Waals surface area contributed by atoms with E-state index < -0.39 is 8.32 Å². The third kappa shape index (κ3) is 9.13. The average Bonchev–Trinajstić information content (AvgIpc) is 2.80. The molecule has 0 saturated carbocycles. The molecule has 214 valence electrons. The van der Waals surface area contributed by atoms with Gasteiger partial charge in [-0.05, 0) is 89.2 Å². The summed E-state index contributed by atoms with van der Waals surface area (Å²) in [4.78, 5) is 0. The summed E-state index contributed by atoms with van der Waals surface area (Å²) >= 11 is 0. The number of methoxy groups -OCH3 is 1. The Hall–Kier alpha value is -1.82. The predicted molar refractivity (Wildman–Crippen MR) is 164 cm³/mol. The van der Waals surface area contributed by atoms with Crippen molar-refractivity contribution in [2.75, 3.05) is 20.3 Å². The Kier molecular flexibility index (Phi) is 11.9. The van der Waals surface area contributed by atoms with Crippen LogP contribution in [0.1, 0.15) is 97.3 Å². The molecule has 0 amide bonds. The average molecular weight is 543 g/mol. The van der Waals surface area contributed by atoms with E-state index in [1.165, 1.54) is 11.1 Å². The van der Waals surface area contributed by atoms with Crippen molar-refractivity contribution in [3.8, 4) is 11.5 Å². The van der Waals surface area contributed by atoms with Crippen molar-refractivity contribution in [3.63, 3.8) is 0 Å². The van der Waals surface area contributed by atoms with Crippen LogP contribution in [-0.4, -0.2) is 34.2 Å². The Bertz CT molecular complexity index is 981. The number of hydrogen-bond acceptors (Lipinski definition) is 4. The Morgan fingerprint density at radius 1 is 1.13 bits per heavy atom. The second kappa shape index (κ2) is 14.0. The summed E-state index contributed by atoms with van der Waals surface area (Å²) < 4.78 is 25.8. The molecule has 2 atom stereocenters. The van der Waals surface area contributed by atoms with E-state index in [2.05, 4.69) is 92.4 Å². The highest BCUT2D eigenvalue weighted by molar-refractivity contribution is 6.74. The topological polar surface area (TPSA) is 36.9 Å². The first kappa shape index (κ1) is 32.4. The molecule has 2 rings (SSSR count). The summed E-state index contributed by atoms with van der Waals surface area (Å²) in [5.41, 5.74) is 4.56. The van der Waals surface area contributed by atoms with Crippen LogP contribution in [0, 0.1) is 6.92 Å². The zero-order valence-electron chi connectivity index (χ0n) is 26.0. The van der Waals surface area contributed by atoms with Crippen molar-refractivity contribution in [2.24, 2.45) is 0 Å². The molecule has 5 heteroatoms. The van der Waals surface area contributed by atoms with Crippen LogP contribution >= 0.6 is 0 Å². The van der Waals surface area contributed by atoms with Gasteiger partial charge in [0.15, 0.2) is 8.32 Å². The first-order valence-electron chi connectivity index (χ1n) is 14.3. The summed E-state index contributed by atoms with van der Waals surface area (Å²) in [6.07, 6.45) is 12.1. The minimum Gasteiger partial charge on any atom is -0.496 e. The van der Waals surface area contributed by atoms with Gasteiger partial charge >= 0.3 is 0 Å².